The Hall–Kier alpha value is -1.01. The highest BCUT2D eigenvalue weighted by Crippen LogP contribution is 2.14. The highest BCUT2D eigenvalue weighted by Gasteiger charge is 1.94. The zero-order chi connectivity index (χ0) is 10.3. The molecule has 0 aliphatic heterocycles. The number of allylic oxidation sites excluding steroid dienone is 5. The first-order valence-corrected chi connectivity index (χ1v) is 4.67. The second-order valence-electron chi connectivity index (χ2n) is 2.32. The van der Waals surface area contributed by atoms with Gasteiger partial charge in [-0.3, -0.25) is 0 Å². The van der Waals surface area contributed by atoms with E-state index >= 15 is 0 Å². The quantitative estimate of drug-likeness (QED) is 0.430. The lowest BCUT2D eigenvalue weighted by Crippen LogP contribution is -1.85. The molecule has 0 aromatic rings. The summed E-state index contributed by atoms with van der Waals surface area (Å²) < 4.78 is 5.86. The minimum Gasteiger partial charge on any atom is -0.499 e. The van der Waals surface area contributed by atoms with E-state index in [0.29, 0.717) is 16.7 Å². The average Bonchev–Trinajstić information content (AvgIpc) is 2.13. The molecule has 0 N–H and O–H groups in total. The Bertz CT molecular complexity index is 284. The van der Waals surface area contributed by atoms with Crippen LogP contribution in [0.4, 0.5) is 0 Å². The van der Waals surface area contributed by atoms with Gasteiger partial charge in [0.2, 0.25) is 0 Å². The van der Waals surface area contributed by atoms with Gasteiger partial charge in [-0.05, 0) is 41.9 Å². The molecule has 0 aromatic heterocycles. The van der Waals surface area contributed by atoms with Crippen LogP contribution in [0.5, 0.6) is 0 Å². The monoisotopic (exact) mass is 241 g/mol. The van der Waals surface area contributed by atoms with Gasteiger partial charge in [0.15, 0.2) is 0 Å². The Morgan fingerprint density at radius 2 is 2.23 bits per heavy atom. The molecule has 0 saturated carbocycles. The van der Waals surface area contributed by atoms with E-state index in [-0.39, 0.29) is 0 Å². The van der Waals surface area contributed by atoms with Gasteiger partial charge in [-0.25, -0.2) is 0 Å². The smallest absolute Gasteiger partial charge is 0.0997 e. The number of halogens is 1. The summed E-state index contributed by atoms with van der Waals surface area (Å²) in [7, 11) is 0. The average molecular weight is 242 g/mol. The van der Waals surface area contributed by atoms with Crippen LogP contribution in [-0.2, 0) is 4.74 Å². The predicted octanol–water partition coefficient (Wildman–Crippen LogP) is 3.29. The van der Waals surface area contributed by atoms with E-state index in [1.807, 2.05) is 19.9 Å². The van der Waals surface area contributed by atoms with Crippen LogP contribution in [0.3, 0.4) is 0 Å². The third-order valence-electron chi connectivity index (χ3n) is 1.26. The fourth-order valence-electron chi connectivity index (χ4n) is 0.620. The summed E-state index contributed by atoms with van der Waals surface area (Å²) in [6.07, 6.45) is 3.53. The third-order valence-corrected chi connectivity index (χ3v) is 2.00. The van der Waals surface area contributed by atoms with Gasteiger partial charge in [0.1, 0.15) is 0 Å². The molecule has 0 bridgehead atoms. The Balaban J connectivity index is 4.34. The van der Waals surface area contributed by atoms with Gasteiger partial charge < -0.3 is 4.74 Å². The van der Waals surface area contributed by atoms with Gasteiger partial charge in [-0.2, -0.15) is 5.26 Å². The molecule has 70 valence electrons. The first-order chi connectivity index (χ1) is 6.11. The molecule has 0 spiro atoms. The van der Waals surface area contributed by atoms with E-state index in [4.69, 9.17) is 10.00 Å². The van der Waals surface area contributed by atoms with E-state index < -0.39 is 0 Å². The van der Waals surface area contributed by atoms with Gasteiger partial charge in [-0.15, -0.1) is 0 Å². The van der Waals surface area contributed by atoms with Crippen molar-refractivity contribution in [2.45, 2.75) is 13.8 Å². The Labute approximate surface area is 87.3 Å². The van der Waals surface area contributed by atoms with Crippen LogP contribution < -0.4 is 0 Å². The van der Waals surface area contributed by atoms with Crippen molar-refractivity contribution in [2.75, 3.05) is 6.61 Å². The molecule has 0 aliphatic carbocycles. The maximum atomic E-state index is 8.50. The summed E-state index contributed by atoms with van der Waals surface area (Å²) in [5.74, 6) is 0.810. The van der Waals surface area contributed by atoms with Crippen molar-refractivity contribution in [1.82, 2.24) is 0 Å². The lowest BCUT2D eigenvalue weighted by molar-refractivity contribution is 0.231. The molecule has 0 aromatic carbocycles. The molecule has 0 atom stereocenters. The Morgan fingerprint density at radius 1 is 1.62 bits per heavy atom. The highest BCUT2D eigenvalue weighted by atomic mass is 79.9. The van der Waals surface area contributed by atoms with E-state index in [2.05, 4.69) is 22.5 Å². The molecule has 0 radical (unpaired) electrons. The maximum absolute atomic E-state index is 8.50. The van der Waals surface area contributed by atoms with Crippen LogP contribution in [0.15, 0.2) is 34.5 Å². The summed E-state index contributed by atoms with van der Waals surface area (Å²) in [4.78, 5) is 0. The summed E-state index contributed by atoms with van der Waals surface area (Å²) in [5.41, 5.74) is 0.403. The van der Waals surface area contributed by atoms with E-state index in [0.717, 1.165) is 5.76 Å². The molecule has 2 nitrogen and oxygen atoms in total. The van der Waals surface area contributed by atoms with Crippen molar-refractivity contribution >= 4 is 15.9 Å². The normalized spacial score (nSPS) is 12.2. The summed E-state index contributed by atoms with van der Waals surface area (Å²) >= 11 is 3.22. The summed E-state index contributed by atoms with van der Waals surface area (Å²) in [6.45, 7) is 7.97. The molecule has 0 amide bonds. The molecule has 0 unspecified atom stereocenters. The highest BCUT2D eigenvalue weighted by molar-refractivity contribution is 9.12. The lowest BCUT2D eigenvalue weighted by Gasteiger charge is -1.99. The number of ether oxygens (including phenoxy) is 1. The van der Waals surface area contributed by atoms with E-state index in [9.17, 15) is 0 Å². The van der Waals surface area contributed by atoms with Crippen molar-refractivity contribution in [3.63, 3.8) is 0 Å². The SMILES string of the molecule is C=C(C#N)/C(Br)=C\C=C(/C)OCC. The van der Waals surface area contributed by atoms with Crippen LogP contribution in [0.25, 0.3) is 0 Å². The second-order valence-corrected chi connectivity index (χ2v) is 3.17. The zero-order valence-corrected chi connectivity index (χ0v) is 9.39. The standard InChI is InChI=1S/C10H12BrNO/c1-4-13-9(3)5-6-10(11)8(2)7-12/h5-6H,2,4H2,1,3H3/b9-5+,10-6+. The molecule has 0 saturated heterocycles. The molecule has 0 heterocycles. The molecule has 0 aliphatic rings. The Kier molecular flexibility index (Phi) is 5.99. The molecule has 13 heavy (non-hydrogen) atoms. The molecule has 0 rings (SSSR count). The number of nitrogens with zero attached hydrogens (tertiary/aromatic N) is 1. The molecular weight excluding hydrogens is 230 g/mol. The molecule has 3 heteroatoms. The van der Waals surface area contributed by atoms with Crippen LogP contribution in [0, 0.1) is 11.3 Å². The van der Waals surface area contributed by atoms with E-state index in [1.54, 1.807) is 12.2 Å². The zero-order valence-electron chi connectivity index (χ0n) is 7.80. The van der Waals surface area contributed by atoms with Crippen molar-refractivity contribution in [3.8, 4) is 6.07 Å². The minimum atomic E-state index is 0.403. The topological polar surface area (TPSA) is 33.0 Å². The van der Waals surface area contributed by atoms with Gasteiger partial charge in [0.05, 0.1) is 24.0 Å². The summed E-state index contributed by atoms with van der Waals surface area (Å²) in [5, 5.41) is 8.50. The van der Waals surface area contributed by atoms with Crippen molar-refractivity contribution in [3.05, 3.63) is 34.5 Å². The van der Waals surface area contributed by atoms with Gasteiger partial charge in [0.25, 0.3) is 0 Å². The fourth-order valence-corrected chi connectivity index (χ4v) is 0.841. The van der Waals surface area contributed by atoms with Gasteiger partial charge in [-0.1, -0.05) is 6.58 Å². The number of nitriles is 1. The molecule has 0 fully saturated rings. The van der Waals surface area contributed by atoms with Crippen LogP contribution in [0.1, 0.15) is 13.8 Å². The Morgan fingerprint density at radius 3 is 2.69 bits per heavy atom. The predicted molar refractivity (Wildman–Crippen MR) is 57.1 cm³/mol. The van der Waals surface area contributed by atoms with Crippen LogP contribution >= 0.6 is 15.9 Å². The van der Waals surface area contributed by atoms with Crippen LogP contribution in [0.2, 0.25) is 0 Å². The van der Waals surface area contributed by atoms with Crippen molar-refractivity contribution < 1.29 is 4.74 Å². The van der Waals surface area contributed by atoms with Gasteiger partial charge in [0, 0.05) is 4.48 Å². The van der Waals surface area contributed by atoms with Crippen molar-refractivity contribution in [1.29, 1.82) is 5.26 Å². The lowest BCUT2D eigenvalue weighted by atomic mass is 10.3. The van der Waals surface area contributed by atoms with Crippen LogP contribution in [-0.4, -0.2) is 6.61 Å². The van der Waals surface area contributed by atoms with Crippen molar-refractivity contribution in [2.24, 2.45) is 0 Å². The van der Waals surface area contributed by atoms with Gasteiger partial charge >= 0.3 is 0 Å². The second kappa shape index (κ2) is 6.50. The van der Waals surface area contributed by atoms with E-state index in [1.165, 1.54) is 0 Å². The number of rotatable bonds is 4. The number of hydrogen-bond donors (Lipinski definition) is 0. The first-order valence-electron chi connectivity index (χ1n) is 3.88. The maximum Gasteiger partial charge on any atom is 0.0997 e. The first kappa shape index (κ1) is 12.0. The third kappa shape index (κ3) is 5.26. The molecular formula is C10H12BrNO. The fraction of sp³-hybridized carbons (Fsp3) is 0.300. The number of hydrogen-bond acceptors (Lipinski definition) is 2. The summed E-state index contributed by atoms with van der Waals surface area (Å²) in [6, 6.07) is 1.94. The largest absolute Gasteiger partial charge is 0.499 e. The minimum absolute atomic E-state index is 0.403.